The first-order chi connectivity index (χ1) is 17.8. The number of fused-ring (bicyclic) bond motifs is 1. The number of nitrogens with two attached hydrogens (primary N) is 1. The standard InChI is InChI=1S/C26H26BrN5O5S/c1-32(2,3)12-18(17-11-30-20-10-14(27)4-5-15(17)20)22-16-6-8-28-19-7-9-29-24(23(16)19)25(26(22)34)31-21(33)13-38(35,36)37/h4-11,18,30H,12-13H2,1-3H3,(H3-,28,29,31,33,34,35,36,37)/p+2. The second-order valence-corrected chi connectivity index (χ2v) is 12.8. The van der Waals surface area contributed by atoms with Gasteiger partial charge in [0.05, 0.1) is 45.2 Å². The largest absolute Gasteiger partial charge is 0.505 e. The lowest BCUT2D eigenvalue weighted by Crippen LogP contribution is -2.71. The van der Waals surface area contributed by atoms with Crippen LogP contribution in [0.4, 0.5) is 11.4 Å². The van der Waals surface area contributed by atoms with Gasteiger partial charge in [-0.05, 0) is 17.7 Å². The average Bonchev–Trinajstić information content (AvgIpc) is 3.22. The minimum Gasteiger partial charge on any atom is -0.505 e. The Balaban J connectivity index is 1.81. The number of likely N-dealkylation sites (N-methyl/N-ethyl adjacent to an activating group) is 1. The zero-order valence-corrected chi connectivity index (χ0v) is 23.4. The van der Waals surface area contributed by atoms with E-state index in [9.17, 15) is 22.9 Å². The summed E-state index contributed by atoms with van der Waals surface area (Å²) in [6.07, 6.45) is 7.33. The number of hydrogen-bond donors (Lipinski definition) is 5. The molecule has 0 radical (unpaired) electrons. The van der Waals surface area contributed by atoms with Crippen LogP contribution in [0.25, 0.3) is 27.9 Å². The van der Waals surface area contributed by atoms with Crippen molar-refractivity contribution < 1.29 is 32.7 Å². The van der Waals surface area contributed by atoms with E-state index in [2.05, 4.69) is 52.4 Å². The fraction of sp³-hybridized carbons (Fsp3) is 0.231. The van der Waals surface area contributed by atoms with E-state index in [-0.39, 0.29) is 17.4 Å². The number of quaternary nitrogens is 2. The Bertz CT molecular complexity index is 1740. The third-order valence-corrected chi connectivity index (χ3v) is 7.64. The SMILES string of the molecule is C[N+](C)(C)CC(c1c(O)c(NC(=O)CS(=O)(=O)O)c2nccc3c2c1C=C[NH2+]3)c1c[nH]c2cc(Br)ccc12. The van der Waals surface area contributed by atoms with Gasteiger partial charge in [0, 0.05) is 51.0 Å². The quantitative estimate of drug-likeness (QED) is 0.125. The van der Waals surface area contributed by atoms with Gasteiger partial charge in [0.15, 0.2) is 5.75 Å². The van der Waals surface area contributed by atoms with Crippen LogP contribution in [0.5, 0.6) is 5.75 Å². The highest BCUT2D eigenvalue weighted by Gasteiger charge is 2.34. The second-order valence-electron chi connectivity index (χ2n) is 10.4. The molecule has 198 valence electrons. The Kier molecular flexibility index (Phi) is 6.56. The van der Waals surface area contributed by atoms with Crippen molar-refractivity contribution in [3.8, 4) is 5.75 Å². The second kappa shape index (κ2) is 9.47. The van der Waals surface area contributed by atoms with Gasteiger partial charge in [-0.1, -0.05) is 22.0 Å². The molecular weight excluding hydrogens is 574 g/mol. The maximum absolute atomic E-state index is 12.6. The highest BCUT2D eigenvalue weighted by atomic mass is 79.9. The number of rotatable bonds is 7. The molecule has 1 unspecified atom stereocenters. The van der Waals surface area contributed by atoms with Crippen LogP contribution < -0.4 is 10.6 Å². The molecule has 0 fully saturated rings. The van der Waals surface area contributed by atoms with E-state index < -0.39 is 21.8 Å². The number of aromatic nitrogens is 2. The molecule has 4 aromatic rings. The van der Waals surface area contributed by atoms with Crippen LogP contribution in [-0.4, -0.2) is 71.9 Å². The average molecular weight is 603 g/mol. The highest BCUT2D eigenvalue weighted by Crippen LogP contribution is 2.48. The van der Waals surface area contributed by atoms with Crippen molar-refractivity contribution in [3.63, 3.8) is 0 Å². The fourth-order valence-corrected chi connectivity index (χ4v) is 5.90. The molecule has 0 bridgehead atoms. The molecule has 1 aliphatic rings. The molecule has 3 heterocycles. The number of aromatic hydroxyl groups is 1. The minimum absolute atomic E-state index is 0.00643. The maximum atomic E-state index is 12.6. The van der Waals surface area contributed by atoms with E-state index in [1.54, 1.807) is 6.20 Å². The van der Waals surface area contributed by atoms with Crippen molar-refractivity contribution in [2.24, 2.45) is 0 Å². The van der Waals surface area contributed by atoms with Gasteiger partial charge in [0.25, 0.3) is 10.1 Å². The number of halogens is 1. The lowest BCUT2D eigenvalue weighted by molar-refractivity contribution is -0.871. The normalized spacial score (nSPS) is 14.2. The van der Waals surface area contributed by atoms with Gasteiger partial charge in [-0.15, -0.1) is 0 Å². The summed E-state index contributed by atoms with van der Waals surface area (Å²) in [5.41, 5.74) is 4.46. The van der Waals surface area contributed by atoms with E-state index in [1.165, 1.54) is 0 Å². The van der Waals surface area contributed by atoms with Gasteiger partial charge in [-0.2, -0.15) is 8.42 Å². The molecule has 10 nitrogen and oxygen atoms in total. The predicted molar refractivity (Wildman–Crippen MR) is 150 cm³/mol. The van der Waals surface area contributed by atoms with Gasteiger partial charge < -0.3 is 19.9 Å². The Labute approximate surface area is 227 Å². The Morgan fingerprint density at radius 1 is 1.26 bits per heavy atom. The zero-order chi connectivity index (χ0) is 27.4. The van der Waals surface area contributed by atoms with Crippen molar-refractivity contribution in [1.82, 2.24) is 9.97 Å². The molecule has 1 atom stereocenters. The summed E-state index contributed by atoms with van der Waals surface area (Å²) in [7, 11) is 1.61. The number of H-pyrrole nitrogens is 1. The summed E-state index contributed by atoms with van der Waals surface area (Å²) < 4.78 is 33.5. The lowest BCUT2D eigenvalue weighted by Gasteiger charge is -2.32. The molecule has 0 saturated carbocycles. The summed E-state index contributed by atoms with van der Waals surface area (Å²) in [5.74, 6) is -2.64. The Morgan fingerprint density at radius 3 is 2.74 bits per heavy atom. The summed E-state index contributed by atoms with van der Waals surface area (Å²) in [5, 5.41) is 18.0. The van der Waals surface area contributed by atoms with Crippen molar-refractivity contribution in [1.29, 1.82) is 0 Å². The number of hydrogen-bond acceptors (Lipinski definition) is 5. The maximum Gasteiger partial charge on any atom is 0.274 e. The van der Waals surface area contributed by atoms with Crippen LogP contribution >= 0.6 is 15.9 Å². The minimum atomic E-state index is -4.58. The van der Waals surface area contributed by atoms with E-state index in [0.29, 0.717) is 22.1 Å². The van der Waals surface area contributed by atoms with Gasteiger partial charge in [0.1, 0.15) is 22.6 Å². The van der Waals surface area contributed by atoms with Crippen molar-refractivity contribution >= 4 is 71.2 Å². The van der Waals surface area contributed by atoms with Crippen LogP contribution in [0.2, 0.25) is 0 Å². The predicted octanol–water partition coefficient (Wildman–Crippen LogP) is 3.03. The summed E-state index contributed by atoms with van der Waals surface area (Å²) in [6, 6.07) is 7.82. The lowest BCUT2D eigenvalue weighted by atomic mass is 9.83. The Hall–Kier alpha value is -3.29. The van der Waals surface area contributed by atoms with E-state index in [1.807, 2.05) is 48.1 Å². The molecule has 12 heteroatoms. The number of anilines is 1. The van der Waals surface area contributed by atoms with E-state index >= 15 is 0 Å². The molecule has 2 aromatic carbocycles. The first kappa shape index (κ1) is 26.3. The number of carbonyl (C=O) groups excluding carboxylic acids is 1. The van der Waals surface area contributed by atoms with Crippen molar-refractivity contribution in [2.45, 2.75) is 5.92 Å². The molecule has 2 aromatic heterocycles. The monoisotopic (exact) mass is 601 g/mol. The number of pyridine rings is 1. The van der Waals surface area contributed by atoms with Gasteiger partial charge in [0.2, 0.25) is 5.91 Å². The number of phenolic OH excluding ortho intramolecular Hbond substituents is 1. The van der Waals surface area contributed by atoms with Crippen LogP contribution in [0.15, 0.2) is 47.3 Å². The van der Waals surface area contributed by atoms with Gasteiger partial charge in [-0.25, -0.2) is 0 Å². The molecule has 0 saturated heterocycles. The number of amides is 1. The van der Waals surface area contributed by atoms with Crippen molar-refractivity contribution in [2.75, 3.05) is 38.8 Å². The number of phenols is 1. The molecule has 5 rings (SSSR count). The third kappa shape index (κ3) is 5.05. The molecule has 1 aliphatic heterocycles. The van der Waals surface area contributed by atoms with E-state index in [0.717, 1.165) is 37.6 Å². The fourth-order valence-electron chi connectivity index (χ4n) is 5.13. The first-order valence-corrected chi connectivity index (χ1v) is 14.2. The summed E-state index contributed by atoms with van der Waals surface area (Å²) in [6.45, 7) is 0.598. The number of aromatic amines is 1. The van der Waals surface area contributed by atoms with Gasteiger partial charge in [-0.3, -0.25) is 19.6 Å². The smallest absolute Gasteiger partial charge is 0.274 e. The van der Waals surface area contributed by atoms with Gasteiger partial charge >= 0.3 is 0 Å². The molecular formula is C26H28BrN5O5S+2. The number of nitrogens with one attached hydrogen (secondary N) is 2. The van der Waals surface area contributed by atoms with Crippen LogP contribution in [0, 0.1) is 0 Å². The molecule has 0 spiro atoms. The molecule has 0 aliphatic carbocycles. The van der Waals surface area contributed by atoms with Crippen LogP contribution in [0.1, 0.15) is 22.6 Å². The Morgan fingerprint density at radius 2 is 2.03 bits per heavy atom. The molecule has 6 N–H and O–H groups in total. The highest BCUT2D eigenvalue weighted by molar-refractivity contribution is 9.10. The van der Waals surface area contributed by atoms with Crippen LogP contribution in [-0.2, 0) is 14.9 Å². The summed E-state index contributed by atoms with van der Waals surface area (Å²) >= 11 is 3.52. The number of benzene rings is 2. The zero-order valence-electron chi connectivity index (χ0n) is 21.0. The first-order valence-electron chi connectivity index (χ1n) is 11.8. The third-order valence-electron chi connectivity index (χ3n) is 6.52. The summed E-state index contributed by atoms with van der Waals surface area (Å²) in [4.78, 5) is 20.4. The van der Waals surface area contributed by atoms with E-state index in [4.69, 9.17) is 0 Å². The topological polar surface area (TPSA) is 149 Å². The molecule has 1 amide bonds. The number of carbonyl (C=O) groups is 1. The molecule has 38 heavy (non-hydrogen) atoms. The van der Waals surface area contributed by atoms with Crippen LogP contribution in [0.3, 0.4) is 0 Å². The van der Waals surface area contributed by atoms with Crippen molar-refractivity contribution in [3.05, 3.63) is 64.0 Å². The number of nitrogens with zero attached hydrogens (tertiary/aromatic N) is 2.